The Morgan fingerprint density at radius 1 is 0.429 bits per heavy atom. The standard InChI is InChI=1S/C59H44N4/c1-60-58(49-30-26-46(27-31-49)43-15-6-2-7-16-43)62-59(50-32-28-47(29-33-50)44-17-8-3-9-18-44)61-41-42-25-38-54-51(39-42)40-56-55(54)23-14-24-57(56)63(52-21-12-5-13-22-52)53-36-34-48(35-37-53)45-19-10-4-11-20-45/h2-39H,1,40-41H2/b61-59-,62-58-. The van der Waals surface area contributed by atoms with Crippen LogP contribution < -0.4 is 4.90 Å². The summed E-state index contributed by atoms with van der Waals surface area (Å²) in [6, 6.07) is 81.1. The molecular weight excluding hydrogens is 765 g/mol. The van der Waals surface area contributed by atoms with E-state index < -0.39 is 0 Å². The zero-order valence-electron chi connectivity index (χ0n) is 34.8. The van der Waals surface area contributed by atoms with Crippen LogP contribution in [-0.4, -0.2) is 18.4 Å². The second-order valence-corrected chi connectivity index (χ2v) is 15.7. The van der Waals surface area contributed by atoms with Gasteiger partial charge in [-0.05, 0) is 98.2 Å². The lowest BCUT2D eigenvalue weighted by molar-refractivity contribution is 1.05. The van der Waals surface area contributed by atoms with Crippen LogP contribution in [0.15, 0.2) is 245 Å². The third kappa shape index (κ3) is 8.31. The van der Waals surface area contributed by atoms with Crippen molar-refractivity contribution in [2.45, 2.75) is 13.0 Å². The first-order valence-corrected chi connectivity index (χ1v) is 21.3. The minimum Gasteiger partial charge on any atom is -0.310 e. The first-order valence-electron chi connectivity index (χ1n) is 21.3. The maximum atomic E-state index is 5.21. The van der Waals surface area contributed by atoms with Crippen molar-refractivity contribution in [1.82, 2.24) is 0 Å². The molecule has 4 nitrogen and oxygen atoms in total. The van der Waals surface area contributed by atoms with Gasteiger partial charge in [0.05, 0.1) is 12.2 Å². The van der Waals surface area contributed by atoms with Crippen molar-refractivity contribution in [3.05, 3.63) is 258 Å². The van der Waals surface area contributed by atoms with E-state index in [1.54, 1.807) is 0 Å². The molecule has 0 bridgehead atoms. The molecule has 4 heteroatoms. The number of hydrogen-bond donors (Lipinski definition) is 0. The van der Waals surface area contributed by atoms with Crippen molar-refractivity contribution in [3.8, 4) is 44.5 Å². The molecule has 0 aliphatic heterocycles. The van der Waals surface area contributed by atoms with Gasteiger partial charge in [0.1, 0.15) is 0 Å². The van der Waals surface area contributed by atoms with Gasteiger partial charge in [0.15, 0.2) is 11.7 Å². The van der Waals surface area contributed by atoms with Crippen LogP contribution in [0, 0.1) is 0 Å². The van der Waals surface area contributed by atoms with E-state index in [0.717, 1.165) is 56.7 Å². The highest BCUT2D eigenvalue weighted by molar-refractivity contribution is 6.13. The summed E-state index contributed by atoms with van der Waals surface area (Å²) in [7, 11) is 0. The summed E-state index contributed by atoms with van der Waals surface area (Å²) in [5.74, 6) is 1.13. The van der Waals surface area contributed by atoms with Crippen molar-refractivity contribution in [1.29, 1.82) is 0 Å². The first-order chi connectivity index (χ1) is 31.2. The average molecular weight is 809 g/mol. The van der Waals surface area contributed by atoms with Crippen molar-refractivity contribution in [2.75, 3.05) is 4.90 Å². The lowest BCUT2D eigenvalue weighted by atomic mass is 10.0. The van der Waals surface area contributed by atoms with E-state index >= 15 is 0 Å². The minimum atomic E-state index is 0.455. The first kappa shape index (κ1) is 39.0. The van der Waals surface area contributed by atoms with Crippen LogP contribution in [0.25, 0.3) is 44.5 Å². The second kappa shape index (κ2) is 17.8. The molecule has 1 aliphatic rings. The molecule has 0 fully saturated rings. The third-order valence-corrected chi connectivity index (χ3v) is 11.7. The Morgan fingerprint density at radius 3 is 1.44 bits per heavy atom. The normalized spacial score (nSPS) is 12.1. The Labute approximate surface area is 369 Å². The van der Waals surface area contributed by atoms with Gasteiger partial charge in [-0.25, -0.2) is 9.98 Å². The largest absolute Gasteiger partial charge is 0.310 e. The highest BCUT2D eigenvalue weighted by atomic mass is 15.1. The fraction of sp³-hybridized carbons (Fsp3) is 0.0339. The van der Waals surface area contributed by atoms with Crippen molar-refractivity contribution >= 4 is 35.5 Å². The number of anilines is 3. The quantitative estimate of drug-likeness (QED) is 0.100. The summed E-state index contributed by atoms with van der Waals surface area (Å²) in [4.78, 5) is 17.1. The third-order valence-electron chi connectivity index (χ3n) is 11.7. The molecule has 9 aromatic rings. The predicted octanol–water partition coefficient (Wildman–Crippen LogP) is 14.8. The van der Waals surface area contributed by atoms with Gasteiger partial charge in [0, 0.05) is 28.9 Å². The van der Waals surface area contributed by atoms with Crippen molar-refractivity contribution in [3.63, 3.8) is 0 Å². The Bertz CT molecular complexity index is 3070. The summed E-state index contributed by atoms with van der Waals surface area (Å²) in [6.07, 6.45) is 0.819. The molecular formula is C59H44N4. The fourth-order valence-electron chi connectivity index (χ4n) is 8.54. The number of aliphatic imine (C=N–C) groups is 3. The molecule has 0 amide bonds. The van der Waals surface area contributed by atoms with Gasteiger partial charge in [-0.2, -0.15) is 0 Å². The van der Waals surface area contributed by atoms with Crippen LogP contribution in [0.1, 0.15) is 27.8 Å². The second-order valence-electron chi connectivity index (χ2n) is 15.7. The summed E-state index contributed by atoms with van der Waals surface area (Å²) in [5.41, 5.74) is 18.4. The van der Waals surface area contributed by atoms with Gasteiger partial charge >= 0.3 is 0 Å². The van der Waals surface area contributed by atoms with Crippen LogP contribution in [-0.2, 0) is 13.0 Å². The van der Waals surface area contributed by atoms with E-state index in [0.29, 0.717) is 18.2 Å². The average Bonchev–Trinajstić information content (AvgIpc) is 3.74. The molecule has 10 rings (SSSR count). The zero-order chi connectivity index (χ0) is 42.4. The number of amidine groups is 2. The fourth-order valence-corrected chi connectivity index (χ4v) is 8.54. The van der Waals surface area contributed by atoms with Crippen molar-refractivity contribution in [2.24, 2.45) is 15.0 Å². The lowest BCUT2D eigenvalue weighted by Crippen LogP contribution is -2.12. The highest BCUT2D eigenvalue weighted by Crippen LogP contribution is 2.46. The van der Waals surface area contributed by atoms with E-state index in [4.69, 9.17) is 9.98 Å². The van der Waals surface area contributed by atoms with Gasteiger partial charge in [-0.15, -0.1) is 0 Å². The topological polar surface area (TPSA) is 40.3 Å². The number of nitrogens with zero attached hydrogens (tertiary/aromatic N) is 4. The van der Waals surface area contributed by atoms with Crippen LogP contribution >= 0.6 is 0 Å². The maximum absolute atomic E-state index is 5.21. The summed E-state index contributed by atoms with van der Waals surface area (Å²) in [6.45, 7) is 4.39. The highest BCUT2D eigenvalue weighted by Gasteiger charge is 2.25. The molecule has 0 unspecified atom stereocenters. The number of rotatable bonds is 10. The molecule has 0 saturated carbocycles. The van der Waals surface area contributed by atoms with Gasteiger partial charge < -0.3 is 4.90 Å². The Morgan fingerprint density at radius 2 is 0.905 bits per heavy atom. The Kier molecular flexibility index (Phi) is 11.0. The predicted molar refractivity (Wildman–Crippen MR) is 265 cm³/mol. The van der Waals surface area contributed by atoms with E-state index in [-0.39, 0.29) is 0 Å². The zero-order valence-corrected chi connectivity index (χ0v) is 34.8. The van der Waals surface area contributed by atoms with Gasteiger partial charge in [-0.3, -0.25) is 4.99 Å². The monoisotopic (exact) mass is 808 g/mol. The smallest absolute Gasteiger partial charge is 0.161 e. The van der Waals surface area contributed by atoms with E-state index in [1.165, 1.54) is 39.1 Å². The molecule has 0 saturated heterocycles. The molecule has 0 atom stereocenters. The molecule has 0 spiro atoms. The SMILES string of the molecule is C=N/C(=N\C(=N/Cc1ccc2c(c1)Cc1c-2cccc1N(c1ccccc1)c1ccc(-c2ccccc2)cc1)c1ccc(-c2ccccc2)cc1)c1ccc(-c2ccccc2)cc1. The van der Waals surface area contributed by atoms with Crippen LogP contribution in [0.2, 0.25) is 0 Å². The Balaban J connectivity index is 0.970. The number of para-hydroxylation sites is 1. The number of fused-ring (bicyclic) bond motifs is 3. The summed E-state index contributed by atoms with van der Waals surface area (Å²) in [5, 5.41) is 0. The molecule has 300 valence electrons. The molecule has 0 heterocycles. The maximum Gasteiger partial charge on any atom is 0.161 e. The Hall–Kier alpha value is -8.21. The van der Waals surface area contributed by atoms with Crippen LogP contribution in [0.5, 0.6) is 0 Å². The lowest BCUT2D eigenvalue weighted by Gasteiger charge is -2.28. The van der Waals surface area contributed by atoms with Gasteiger partial charge in [-0.1, -0.05) is 200 Å². The molecule has 0 aromatic heterocycles. The van der Waals surface area contributed by atoms with E-state index in [9.17, 15) is 0 Å². The number of hydrogen-bond acceptors (Lipinski definition) is 2. The molecule has 63 heavy (non-hydrogen) atoms. The van der Waals surface area contributed by atoms with Crippen molar-refractivity contribution < 1.29 is 0 Å². The van der Waals surface area contributed by atoms with Gasteiger partial charge in [0.25, 0.3) is 0 Å². The van der Waals surface area contributed by atoms with Gasteiger partial charge in [0.2, 0.25) is 0 Å². The molecule has 1 aliphatic carbocycles. The van der Waals surface area contributed by atoms with Crippen LogP contribution in [0.4, 0.5) is 17.1 Å². The molecule has 0 radical (unpaired) electrons. The van der Waals surface area contributed by atoms with E-state index in [1.807, 2.05) is 12.1 Å². The minimum absolute atomic E-state index is 0.455. The molecule has 9 aromatic carbocycles. The van der Waals surface area contributed by atoms with E-state index in [2.05, 4.69) is 235 Å². The summed E-state index contributed by atoms with van der Waals surface area (Å²) >= 11 is 0. The number of benzene rings is 9. The van der Waals surface area contributed by atoms with Crippen LogP contribution in [0.3, 0.4) is 0 Å². The summed E-state index contributed by atoms with van der Waals surface area (Å²) < 4.78 is 0. The molecule has 0 N–H and O–H groups in total.